The van der Waals surface area contributed by atoms with Gasteiger partial charge in [0.05, 0.1) is 6.10 Å². The van der Waals surface area contributed by atoms with E-state index >= 15 is 0 Å². The van der Waals surface area contributed by atoms with Crippen molar-refractivity contribution in [2.75, 3.05) is 0 Å². The van der Waals surface area contributed by atoms with Crippen LogP contribution in [0.4, 0.5) is 0 Å². The molecule has 0 bridgehead atoms. The molecule has 0 spiro atoms. The van der Waals surface area contributed by atoms with E-state index in [0.717, 1.165) is 0 Å². The second-order valence-corrected chi connectivity index (χ2v) is 15.6. The van der Waals surface area contributed by atoms with Crippen LogP contribution < -0.4 is 0 Å². The number of ketones is 1. The van der Waals surface area contributed by atoms with E-state index in [4.69, 9.17) is 8.85 Å². The molecular formula is C13H28O4Si2. The summed E-state index contributed by atoms with van der Waals surface area (Å²) < 4.78 is 11.4. The number of aliphatic hydroxyl groups excluding tert-OH is 1. The van der Waals surface area contributed by atoms with Crippen molar-refractivity contribution in [2.24, 2.45) is 0 Å². The summed E-state index contributed by atoms with van der Waals surface area (Å²) in [5.74, 6) is -0.246. The molecule has 0 aliphatic heterocycles. The van der Waals surface area contributed by atoms with Crippen LogP contribution in [-0.2, 0) is 13.6 Å². The van der Waals surface area contributed by atoms with Gasteiger partial charge in [-0.1, -0.05) is 0 Å². The fourth-order valence-corrected chi connectivity index (χ4v) is 3.92. The van der Waals surface area contributed by atoms with E-state index in [1.165, 1.54) is 6.08 Å². The summed E-state index contributed by atoms with van der Waals surface area (Å²) in [6.45, 7) is 15.7. The Bertz CT molecular complexity index is 340. The van der Waals surface area contributed by atoms with Crippen molar-refractivity contribution < 1.29 is 18.8 Å². The molecule has 112 valence electrons. The van der Waals surface area contributed by atoms with Gasteiger partial charge >= 0.3 is 0 Å². The topological polar surface area (TPSA) is 55.8 Å². The summed E-state index contributed by atoms with van der Waals surface area (Å²) >= 11 is 0. The molecule has 0 saturated carbocycles. The monoisotopic (exact) mass is 304 g/mol. The van der Waals surface area contributed by atoms with Crippen LogP contribution in [-0.4, -0.2) is 39.7 Å². The number of rotatable bonds is 7. The average Bonchev–Trinajstić information content (AvgIpc) is 2.11. The number of carbonyl (C=O) groups is 1. The van der Waals surface area contributed by atoms with Gasteiger partial charge in [-0.05, 0) is 53.1 Å². The predicted molar refractivity (Wildman–Crippen MR) is 83.5 cm³/mol. The van der Waals surface area contributed by atoms with Crippen molar-refractivity contribution in [3.63, 3.8) is 0 Å². The quantitative estimate of drug-likeness (QED) is 0.444. The van der Waals surface area contributed by atoms with E-state index in [0.29, 0.717) is 0 Å². The fraction of sp³-hybridized carbons (Fsp3) is 0.769. The molecule has 0 heterocycles. The molecular weight excluding hydrogens is 276 g/mol. The van der Waals surface area contributed by atoms with Gasteiger partial charge in [0.25, 0.3) is 0 Å². The highest BCUT2D eigenvalue weighted by atomic mass is 28.4. The molecule has 1 N–H and O–H groups in total. The predicted octanol–water partition coefficient (Wildman–Crippen LogP) is 3.48. The smallest absolute Gasteiger partial charge is 0.186 e. The maximum atomic E-state index is 11.9. The highest BCUT2D eigenvalue weighted by Gasteiger charge is 2.24. The molecule has 6 heteroatoms. The van der Waals surface area contributed by atoms with Crippen molar-refractivity contribution in [1.82, 2.24) is 0 Å². The van der Waals surface area contributed by atoms with E-state index < -0.39 is 28.8 Å². The Morgan fingerprint density at radius 1 is 0.947 bits per heavy atom. The summed E-state index contributed by atoms with van der Waals surface area (Å²) in [6, 6.07) is 0. The molecule has 2 atom stereocenters. The second kappa shape index (κ2) is 6.83. The highest BCUT2D eigenvalue weighted by molar-refractivity contribution is 6.70. The lowest BCUT2D eigenvalue weighted by atomic mass is 10.2. The first-order chi connectivity index (χ1) is 8.32. The minimum absolute atomic E-state index is 0.0292. The molecule has 0 fully saturated rings. The van der Waals surface area contributed by atoms with Crippen molar-refractivity contribution in [3.05, 3.63) is 11.8 Å². The maximum Gasteiger partial charge on any atom is 0.186 e. The van der Waals surface area contributed by atoms with Gasteiger partial charge in [-0.3, -0.25) is 4.79 Å². The van der Waals surface area contributed by atoms with Crippen molar-refractivity contribution in [1.29, 1.82) is 0 Å². The summed E-state index contributed by atoms with van der Waals surface area (Å²) in [6.07, 6.45) is 0.262. The highest BCUT2D eigenvalue weighted by Crippen LogP contribution is 2.14. The third-order valence-electron chi connectivity index (χ3n) is 2.17. The van der Waals surface area contributed by atoms with Gasteiger partial charge in [-0.15, -0.1) is 0 Å². The SMILES string of the molecule is CC(O[Si](C)(C)C)C(=O)C=C(O)C(C)O[Si](C)(C)C. The van der Waals surface area contributed by atoms with Crippen LogP contribution in [0.5, 0.6) is 0 Å². The lowest BCUT2D eigenvalue weighted by Gasteiger charge is -2.24. The van der Waals surface area contributed by atoms with Gasteiger partial charge in [0.2, 0.25) is 0 Å². The minimum Gasteiger partial charge on any atom is -0.509 e. The van der Waals surface area contributed by atoms with Gasteiger partial charge in [0.15, 0.2) is 22.4 Å². The molecule has 0 saturated heterocycles. The largest absolute Gasteiger partial charge is 0.509 e. The number of aliphatic hydroxyl groups is 1. The first-order valence-corrected chi connectivity index (χ1v) is 13.4. The number of hydrogen-bond acceptors (Lipinski definition) is 4. The van der Waals surface area contributed by atoms with Crippen LogP contribution in [0, 0.1) is 0 Å². The van der Waals surface area contributed by atoms with Gasteiger partial charge < -0.3 is 14.0 Å². The van der Waals surface area contributed by atoms with Crippen LogP contribution in [0.1, 0.15) is 13.8 Å². The summed E-state index contributed by atoms with van der Waals surface area (Å²) in [5.41, 5.74) is 0. The Morgan fingerprint density at radius 2 is 1.32 bits per heavy atom. The third kappa shape index (κ3) is 9.15. The van der Waals surface area contributed by atoms with E-state index in [2.05, 4.69) is 0 Å². The van der Waals surface area contributed by atoms with Crippen molar-refractivity contribution >= 4 is 22.4 Å². The molecule has 0 aliphatic carbocycles. The Kier molecular flexibility index (Phi) is 6.67. The third-order valence-corrected chi connectivity index (χ3v) is 4.29. The fourth-order valence-electron chi connectivity index (χ4n) is 1.56. The molecule has 0 aromatic heterocycles. The van der Waals surface area contributed by atoms with Crippen LogP contribution in [0.2, 0.25) is 39.3 Å². The zero-order valence-electron chi connectivity index (χ0n) is 13.4. The molecule has 0 radical (unpaired) electrons. The van der Waals surface area contributed by atoms with E-state index in [1.807, 2.05) is 39.3 Å². The molecule has 0 rings (SSSR count). The summed E-state index contributed by atoms with van der Waals surface area (Å²) in [7, 11) is -3.49. The van der Waals surface area contributed by atoms with Crippen LogP contribution in [0.25, 0.3) is 0 Å². The van der Waals surface area contributed by atoms with Crippen molar-refractivity contribution in [3.8, 4) is 0 Å². The zero-order chi connectivity index (χ0) is 15.4. The lowest BCUT2D eigenvalue weighted by molar-refractivity contribution is -0.120. The molecule has 4 nitrogen and oxygen atoms in total. The number of carbonyl (C=O) groups excluding carboxylic acids is 1. The Labute approximate surface area is 119 Å². The van der Waals surface area contributed by atoms with Crippen molar-refractivity contribution in [2.45, 2.75) is 65.3 Å². The molecule has 0 aromatic rings. The zero-order valence-corrected chi connectivity index (χ0v) is 15.4. The van der Waals surface area contributed by atoms with Crippen LogP contribution >= 0.6 is 0 Å². The normalized spacial score (nSPS) is 17.2. The van der Waals surface area contributed by atoms with E-state index in [-0.39, 0.29) is 11.5 Å². The van der Waals surface area contributed by atoms with E-state index in [9.17, 15) is 9.90 Å². The summed E-state index contributed by atoms with van der Waals surface area (Å²) in [5, 5.41) is 9.89. The molecule has 19 heavy (non-hydrogen) atoms. The Morgan fingerprint density at radius 3 is 1.68 bits per heavy atom. The number of hydrogen-bond donors (Lipinski definition) is 1. The molecule has 0 aliphatic rings. The van der Waals surface area contributed by atoms with Crippen LogP contribution in [0.15, 0.2) is 11.8 Å². The Balaban J connectivity index is 4.62. The molecule has 0 aromatic carbocycles. The standard InChI is InChI=1S/C13H28O4Si2/c1-10(16-18(3,4)5)12(14)9-13(15)11(2)17-19(6,7)8/h9-11,14H,1-8H3. The first-order valence-electron chi connectivity index (χ1n) is 6.62. The van der Waals surface area contributed by atoms with Gasteiger partial charge in [-0.25, -0.2) is 0 Å². The Hall–Kier alpha value is -0.436. The minimum atomic E-state index is -1.76. The van der Waals surface area contributed by atoms with Crippen LogP contribution in [0.3, 0.4) is 0 Å². The van der Waals surface area contributed by atoms with Gasteiger partial charge in [0, 0.05) is 6.08 Å². The summed E-state index contributed by atoms with van der Waals surface area (Å²) in [4.78, 5) is 11.9. The lowest BCUT2D eigenvalue weighted by Crippen LogP contribution is -2.35. The van der Waals surface area contributed by atoms with Gasteiger partial charge in [-0.2, -0.15) is 0 Å². The second-order valence-electron chi connectivity index (χ2n) is 6.72. The molecule has 0 amide bonds. The van der Waals surface area contributed by atoms with Gasteiger partial charge in [0.1, 0.15) is 11.9 Å². The maximum absolute atomic E-state index is 11.9. The first kappa shape index (κ1) is 18.6. The average molecular weight is 305 g/mol. The van der Waals surface area contributed by atoms with E-state index in [1.54, 1.807) is 13.8 Å². The molecule has 2 unspecified atom stereocenters.